The van der Waals surface area contributed by atoms with Gasteiger partial charge in [-0.1, -0.05) is 6.07 Å². The number of carbonyl (C=O) groups excluding carboxylic acids is 1. The molecule has 0 radical (unpaired) electrons. The summed E-state index contributed by atoms with van der Waals surface area (Å²) in [7, 11) is 1.24. The highest BCUT2D eigenvalue weighted by molar-refractivity contribution is 5.89. The van der Waals surface area contributed by atoms with Crippen molar-refractivity contribution in [2.45, 2.75) is 26.0 Å². The van der Waals surface area contributed by atoms with Crippen LogP contribution in [0.2, 0.25) is 0 Å². The maximum absolute atomic E-state index is 13.7. The lowest BCUT2D eigenvalue weighted by Crippen LogP contribution is -2.26. The van der Waals surface area contributed by atoms with Crippen LogP contribution in [0.4, 0.5) is 4.39 Å². The van der Waals surface area contributed by atoms with E-state index in [0.29, 0.717) is 12.5 Å². The molecular formula is C15H20FNO3. The highest BCUT2D eigenvalue weighted by Gasteiger charge is 2.23. The maximum atomic E-state index is 13.7. The fourth-order valence-electron chi connectivity index (χ4n) is 2.39. The second kappa shape index (κ2) is 6.81. The van der Waals surface area contributed by atoms with Gasteiger partial charge in [0.05, 0.1) is 18.8 Å². The van der Waals surface area contributed by atoms with Gasteiger partial charge in [-0.05, 0) is 37.0 Å². The van der Waals surface area contributed by atoms with E-state index in [9.17, 15) is 9.18 Å². The lowest BCUT2D eigenvalue weighted by molar-refractivity contribution is 0.0595. The molecule has 0 amide bonds. The molecule has 2 rings (SSSR count). The van der Waals surface area contributed by atoms with Crippen molar-refractivity contribution in [1.82, 2.24) is 5.32 Å². The Hall–Kier alpha value is -1.46. The van der Waals surface area contributed by atoms with Gasteiger partial charge in [0, 0.05) is 19.7 Å². The number of benzene rings is 1. The Labute approximate surface area is 118 Å². The summed E-state index contributed by atoms with van der Waals surface area (Å²) in [5.74, 6) is -0.693. The number of carbonyl (C=O) groups is 1. The van der Waals surface area contributed by atoms with E-state index in [1.165, 1.54) is 19.2 Å². The first-order chi connectivity index (χ1) is 9.61. The number of hydrogen-bond donors (Lipinski definition) is 1. The van der Waals surface area contributed by atoms with E-state index in [2.05, 4.69) is 17.0 Å². The molecule has 110 valence electrons. The Balaban J connectivity index is 1.87. The molecule has 1 aliphatic heterocycles. The number of ether oxygens (including phenoxy) is 2. The van der Waals surface area contributed by atoms with Gasteiger partial charge in [-0.15, -0.1) is 0 Å². The van der Waals surface area contributed by atoms with Crippen LogP contribution in [-0.2, 0) is 16.0 Å². The van der Waals surface area contributed by atoms with Crippen LogP contribution in [-0.4, -0.2) is 32.3 Å². The fourth-order valence-corrected chi connectivity index (χ4v) is 2.39. The molecule has 0 aliphatic carbocycles. The Morgan fingerprint density at radius 3 is 2.95 bits per heavy atom. The summed E-state index contributed by atoms with van der Waals surface area (Å²) in [6.45, 7) is 4.31. The van der Waals surface area contributed by atoms with Gasteiger partial charge in [0.2, 0.25) is 0 Å². The molecular weight excluding hydrogens is 261 g/mol. The molecule has 0 spiro atoms. The highest BCUT2D eigenvalue weighted by atomic mass is 19.1. The van der Waals surface area contributed by atoms with Gasteiger partial charge < -0.3 is 14.8 Å². The molecule has 1 aromatic rings. The van der Waals surface area contributed by atoms with Crippen molar-refractivity contribution in [1.29, 1.82) is 0 Å². The third-order valence-electron chi connectivity index (χ3n) is 3.71. The Kier molecular flexibility index (Phi) is 5.09. The molecule has 1 N–H and O–H groups in total. The summed E-state index contributed by atoms with van der Waals surface area (Å²) < 4.78 is 23.7. The van der Waals surface area contributed by atoms with Crippen LogP contribution >= 0.6 is 0 Å². The predicted octanol–water partition coefficient (Wildman–Crippen LogP) is 2.13. The van der Waals surface area contributed by atoms with E-state index >= 15 is 0 Å². The van der Waals surface area contributed by atoms with Crippen LogP contribution in [0.3, 0.4) is 0 Å². The lowest BCUT2D eigenvalue weighted by Gasteiger charge is -2.14. The van der Waals surface area contributed by atoms with Gasteiger partial charge in [-0.3, -0.25) is 0 Å². The van der Waals surface area contributed by atoms with Crippen LogP contribution in [0, 0.1) is 11.7 Å². The first-order valence-corrected chi connectivity index (χ1v) is 6.81. The van der Waals surface area contributed by atoms with Crippen molar-refractivity contribution in [2.75, 3.05) is 20.3 Å². The number of rotatable bonds is 5. The predicted molar refractivity (Wildman–Crippen MR) is 73.0 cm³/mol. The van der Waals surface area contributed by atoms with Gasteiger partial charge in [0.1, 0.15) is 5.82 Å². The number of halogens is 1. The quantitative estimate of drug-likeness (QED) is 0.840. The average molecular weight is 281 g/mol. The van der Waals surface area contributed by atoms with Crippen LogP contribution in [0.15, 0.2) is 18.2 Å². The van der Waals surface area contributed by atoms with Gasteiger partial charge >= 0.3 is 5.97 Å². The topological polar surface area (TPSA) is 47.6 Å². The molecule has 5 heteroatoms. The normalized spacial score (nSPS) is 21.9. The van der Waals surface area contributed by atoms with Gasteiger partial charge in [-0.25, -0.2) is 9.18 Å². The molecule has 0 saturated carbocycles. The summed E-state index contributed by atoms with van der Waals surface area (Å²) in [4.78, 5) is 11.3. The van der Waals surface area contributed by atoms with Crippen molar-refractivity contribution in [3.63, 3.8) is 0 Å². The van der Waals surface area contributed by atoms with E-state index < -0.39 is 11.8 Å². The second-order valence-electron chi connectivity index (χ2n) is 5.06. The number of esters is 1. The smallest absolute Gasteiger partial charge is 0.340 e. The Morgan fingerprint density at radius 2 is 2.35 bits per heavy atom. The molecule has 4 nitrogen and oxygen atoms in total. The number of hydrogen-bond acceptors (Lipinski definition) is 4. The molecule has 2 atom stereocenters. The van der Waals surface area contributed by atoms with Crippen molar-refractivity contribution in [2.24, 2.45) is 5.92 Å². The van der Waals surface area contributed by atoms with E-state index in [1.54, 1.807) is 6.07 Å². The minimum atomic E-state index is -0.654. The third kappa shape index (κ3) is 3.55. The van der Waals surface area contributed by atoms with Crippen LogP contribution in [0.5, 0.6) is 0 Å². The molecule has 1 fully saturated rings. The molecule has 1 saturated heterocycles. The zero-order chi connectivity index (χ0) is 14.5. The van der Waals surface area contributed by atoms with E-state index in [1.807, 2.05) is 0 Å². The SMILES string of the molecule is COC(=O)c1ccc(CNCC2CCOC2C)cc1F. The highest BCUT2D eigenvalue weighted by Crippen LogP contribution is 2.19. The first-order valence-electron chi connectivity index (χ1n) is 6.81. The lowest BCUT2D eigenvalue weighted by atomic mass is 10.0. The van der Waals surface area contributed by atoms with Gasteiger partial charge in [0.15, 0.2) is 0 Å². The molecule has 1 aliphatic rings. The van der Waals surface area contributed by atoms with Gasteiger partial charge in [-0.2, -0.15) is 0 Å². The van der Waals surface area contributed by atoms with Crippen molar-refractivity contribution >= 4 is 5.97 Å². The zero-order valence-electron chi connectivity index (χ0n) is 11.8. The van der Waals surface area contributed by atoms with E-state index in [4.69, 9.17) is 4.74 Å². The minimum Gasteiger partial charge on any atom is -0.465 e. The number of nitrogens with one attached hydrogen (secondary N) is 1. The summed E-state index contributed by atoms with van der Waals surface area (Å²) in [5, 5.41) is 3.30. The van der Waals surface area contributed by atoms with Crippen molar-refractivity contribution < 1.29 is 18.7 Å². The molecule has 0 aromatic heterocycles. The van der Waals surface area contributed by atoms with Crippen LogP contribution in [0.25, 0.3) is 0 Å². The molecule has 2 unspecified atom stereocenters. The Morgan fingerprint density at radius 1 is 1.55 bits per heavy atom. The van der Waals surface area contributed by atoms with Crippen molar-refractivity contribution in [3.8, 4) is 0 Å². The summed E-state index contributed by atoms with van der Waals surface area (Å²) >= 11 is 0. The Bertz CT molecular complexity index is 478. The van der Waals surface area contributed by atoms with Crippen molar-refractivity contribution in [3.05, 3.63) is 35.1 Å². The number of methoxy groups -OCH3 is 1. The molecule has 1 aromatic carbocycles. The molecule has 1 heterocycles. The molecule has 20 heavy (non-hydrogen) atoms. The minimum absolute atomic E-state index is 0.0333. The zero-order valence-corrected chi connectivity index (χ0v) is 11.8. The maximum Gasteiger partial charge on any atom is 0.340 e. The monoisotopic (exact) mass is 281 g/mol. The summed E-state index contributed by atoms with van der Waals surface area (Å²) in [6, 6.07) is 4.56. The molecule has 0 bridgehead atoms. The van der Waals surface area contributed by atoms with E-state index in [-0.39, 0.29) is 11.7 Å². The third-order valence-corrected chi connectivity index (χ3v) is 3.71. The largest absolute Gasteiger partial charge is 0.465 e. The first kappa shape index (κ1) is 14.9. The fraction of sp³-hybridized carbons (Fsp3) is 0.533. The standard InChI is InChI=1S/C15H20FNO3/c1-10-12(5-6-20-10)9-17-8-11-3-4-13(14(16)7-11)15(18)19-2/h3-4,7,10,12,17H,5-6,8-9H2,1-2H3. The van der Waals surface area contributed by atoms with Crippen LogP contribution in [0.1, 0.15) is 29.3 Å². The van der Waals surface area contributed by atoms with Crippen LogP contribution < -0.4 is 5.32 Å². The average Bonchev–Trinajstić information content (AvgIpc) is 2.84. The summed E-state index contributed by atoms with van der Waals surface area (Å²) in [6.07, 6.45) is 1.34. The van der Waals surface area contributed by atoms with Gasteiger partial charge in [0.25, 0.3) is 0 Å². The summed E-state index contributed by atoms with van der Waals surface area (Å²) in [5.41, 5.74) is 0.774. The van der Waals surface area contributed by atoms with E-state index in [0.717, 1.165) is 25.1 Å². The second-order valence-corrected chi connectivity index (χ2v) is 5.06.